The molecule has 0 bridgehead atoms. The Morgan fingerprint density at radius 1 is 1.12 bits per heavy atom. The Balaban J connectivity index is 1.72. The summed E-state index contributed by atoms with van der Waals surface area (Å²) < 4.78 is 15.0. The molecule has 0 saturated carbocycles. The van der Waals surface area contributed by atoms with Crippen molar-refractivity contribution < 1.29 is 19.5 Å². The number of nitrogens with zero attached hydrogens (tertiary/aromatic N) is 2. The normalized spacial score (nSPS) is 12.5. The van der Waals surface area contributed by atoms with Gasteiger partial charge in [-0.05, 0) is 60.0 Å². The van der Waals surface area contributed by atoms with Crippen molar-refractivity contribution in [2.24, 2.45) is 5.16 Å². The Hall–Kier alpha value is -3.55. The highest BCUT2D eigenvalue weighted by molar-refractivity contribution is 7.17. The number of oxime groups is 1. The van der Waals surface area contributed by atoms with E-state index in [1.807, 2.05) is 37.3 Å². The third-order valence-corrected chi connectivity index (χ3v) is 6.86. The molecule has 5 nitrogen and oxygen atoms in total. The summed E-state index contributed by atoms with van der Waals surface area (Å²) in [6.45, 7) is 1.84. The number of carboxylic acids is 1. The van der Waals surface area contributed by atoms with Crippen molar-refractivity contribution >= 4 is 34.6 Å². The molecule has 8 heteroatoms. The lowest BCUT2D eigenvalue weighted by atomic mass is 9.85. The van der Waals surface area contributed by atoms with Crippen LogP contribution in [0, 0.1) is 12.7 Å². The molecule has 2 heterocycles. The summed E-state index contributed by atoms with van der Waals surface area (Å²) >= 11 is 7.16. The summed E-state index contributed by atoms with van der Waals surface area (Å²) in [6.07, 6.45) is 1.87. The Morgan fingerprint density at radius 3 is 2.50 bits per heavy atom. The zero-order chi connectivity index (χ0) is 24.2. The fourth-order valence-corrected chi connectivity index (χ4v) is 4.82. The number of halogens is 2. The predicted octanol–water partition coefficient (Wildman–Crippen LogP) is 7.01. The van der Waals surface area contributed by atoms with E-state index in [0.717, 1.165) is 21.7 Å². The van der Waals surface area contributed by atoms with Gasteiger partial charge >= 0.3 is 5.97 Å². The number of aromatic nitrogens is 1. The van der Waals surface area contributed by atoms with Gasteiger partial charge in [0.15, 0.2) is 0 Å². The number of benzene rings is 2. The zero-order valence-electron chi connectivity index (χ0n) is 18.1. The Bertz CT molecular complexity index is 1370. The van der Waals surface area contributed by atoms with Gasteiger partial charge in [0.2, 0.25) is 0 Å². The Kier molecular flexibility index (Phi) is 7.05. The SMILES string of the molecule is Cc1cc(C(CC(c2ccc(-c3ccc(C(=O)O)s3)cc2)c2ccc(Cl)cc2F)=NO)ccn1. The van der Waals surface area contributed by atoms with E-state index in [4.69, 9.17) is 11.6 Å². The lowest BCUT2D eigenvalue weighted by Crippen LogP contribution is -2.12. The van der Waals surface area contributed by atoms with Crippen molar-refractivity contribution in [3.63, 3.8) is 0 Å². The summed E-state index contributed by atoms with van der Waals surface area (Å²) in [6, 6.07) is 18.9. The summed E-state index contributed by atoms with van der Waals surface area (Å²) in [4.78, 5) is 16.5. The molecule has 2 aromatic carbocycles. The second-order valence-corrected chi connectivity index (χ2v) is 9.27. The van der Waals surface area contributed by atoms with Crippen LogP contribution in [0.15, 0.2) is 78.1 Å². The maximum atomic E-state index is 15.0. The largest absolute Gasteiger partial charge is 0.477 e. The molecule has 0 radical (unpaired) electrons. The van der Waals surface area contributed by atoms with Gasteiger partial charge in [-0.15, -0.1) is 11.3 Å². The minimum Gasteiger partial charge on any atom is -0.477 e. The van der Waals surface area contributed by atoms with Gasteiger partial charge in [0, 0.05) is 39.7 Å². The van der Waals surface area contributed by atoms with Crippen LogP contribution in [-0.4, -0.2) is 27.0 Å². The fraction of sp³-hybridized carbons (Fsp3) is 0.115. The Morgan fingerprint density at radius 2 is 1.88 bits per heavy atom. The van der Waals surface area contributed by atoms with Gasteiger partial charge < -0.3 is 10.3 Å². The minimum atomic E-state index is -0.965. The highest BCUT2D eigenvalue weighted by Gasteiger charge is 2.22. The van der Waals surface area contributed by atoms with E-state index in [1.165, 1.54) is 17.4 Å². The Labute approximate surface area is 204 Å². The first-order valence-electron chi connectivity index (χ1n) is 10.4. The van der Waals surface area contributed by atoms with Gasteiger partial charge in [0.1, 0.15) is 10.7 Å². The summed E-state index contributed by atoms with van der Waals surface area (Å²) in [7, 11) is 0. The maximum absolute atomic E-state index is 15.0. The van der Waals surface area contributed by atoms with Crippen molar-refractivity contribution in [3.05, 3.63) is 111 Å². The summed E-state index contributed by atoms with van der Waals surface area (Å²) in [5, 5.41) is 22.8. The molecule has 34 heavy (non-hydrogen) atoms. The van der Waals surface area contributed by atoms with Crippen molar-refractivity contribution in [2.75, 3.05) is 0 Å². The molecule has 1 atom stereocenters. The minimum absolute atomic E-state index is 0.236. The van der Waals surface area contributed by atoms with Crippen LogP contribution in [0.2, 0.25) is 5.02 Å². The van der Waals surface area contributed by atoms with E-state index < -0.39 is 17.7 Å². The number of hydrogen-bond donors (Lipinski definition) is 2. The molecule has 0 amide bonds. The smallest absolute Gasteiger partial charge is 0.345 e. The van der Waals surface area contributed by atoms with Crippen molar-refractivity contribution in [1.82, 2.24) is 4.98 Å². The van der Waals surface area contributed by atoms with E-state index in [1.54, 1.807) is 36.5 Å². The van der Waals surface area contributed by atoms with Crippen LogP contribution < -0.4 is 0 Å². The first-order valence-corrected chi connectivity index (χ1v) is 11.6. The third kappa shape index (κ3) is 5.16. The van der Waals surface area contributed by atoms with Gasteiger partial charge in [0.25, 0.3) is 0 Å². The first-order chi connectivity index (χ1) is 16.4. The van der Waals surface area contributed by atoms with Crippen LogP contribution in [0.1, 0.15) is 44.4 Å². The van der Waals surface area contributed by atoms with Crippen molar-refractivity contribution in [2.45, 2.75) is 19.3 Å². The number of carboxylic acid groups (broad SMARTS) is 1. The van der Waals surface area contributed by atoms with Gasteiger partial charge in [0.05, 0.1) is 5.71 Å². The summed E-state index contributed by atoms with van der Waals surface area (Å²) in [5.41, 5.74) is 3.97. The van der Waals surface area contributed by atoms with Crippen LogP contribution in [0.25, 0.3) is 10.4 Å². The average Bonchev–Trinajstić information content (AvgIpc) is 3.32. The molecular formula is C26H20ClFN2O3S. The fourth-order valence-electron chi connectivity index (χ4n) is 3.81. The predicted molar refractivity (Wildman–Crippen MR) is 132 cm³/mol. The molecule has 2 N–H and O–H groups in total. The molecule has 4 aromatic rings. The van der Waals surface area contributed by atoms with Gasteiger partial charge in [-0.25, -0.2) is 9.18 Å². The van der Waals surface area contributed by atoms with E-state index in [2.05, 4.69) is 10.1 Å². The van der Waals surface area contributed by atoms with E-state index in [-0.39, 0.29) is 11.3 Å². The second kappa shape index (κ2) is 10.2. The zero-order valence-corrected chi connectivity index (χ0v) is 19.6. The third-order valence-electron chi connectivity index (χ3n) is 5.50. The molecule has 0 aliphatic heterocycles. The number of aryl methyl sites for hydroxylation is 1. The lowest BCUT2D eigenvalue weighted by Gasteiger charge is -2.20. The molecule has 0 fully saturated rings. The number of pyridine rings is 1. The quantitative estimate of drug-likeness (QED) is 0.164. The standard InChI is InChI=1S/C26H20ClFN2O3S/c1-15-12-18(10-11-29-15)23(30-33)14-21(20-7-6-19(27)13-22(20)28)16-2-4-17(5-3-16)24-8-9-25(34-24)26(31)32/h2-13,21,33H,14H2,1H3,(H,31,32). The molecule has 2 aromatic heterocycles. The maximum Gasteiger partial charge on any atom is 0.345 e. The molecule has 4 rings (SSSR count). The van der Waals surface area contributed by atoms with Gasteiger partial charge in [-0.3, -0.25) is 4.98 Å². The first kappa shape index (κ1) is 23.6. The molecule has 172 valence electrons. The van der Waals surface area contributed by atoms with Crippen LogP contribution >= 0.6 is 22.9 Å². The lowest BCUT2D eigenvalue weighted by molar-refractivity contribution is 0.0702. The number of thiophene rings is 1. The van der Waals surface area contributed by atoms with E-state index in [0.29, 0.717) is 21.9 Å². The molecule has 0 spiro atoms. The highest BCUT2D eigenvalue weighted by Crippen LogP contribution is 2.35. The topological polar surface area (TPSA) is 82.8 Å². The van der Waals surface area contributed by atoms with Crippen LogP contribution in [0.5, 0.6) is 0 Å². The summed E-state index contributed by atoms with van der Waals surface area (Å²) in [5.74, 6) is -1.87. The van der Waals surface area contributed by atoms with Crippen LogP contribution in [-0.2, 0) is 0 Å². The number of aromatic carboxylic acids is 1. The van der Waals surface area contributed by atoms with Crippen molar-refractivity contribution in [3.8, 4) is 10.4 Å². The van der Waals surface area contributed by atoms with Crippen molar-refractivity contribution in [1.29, 1.82) is 0 Å². The van der Waals surface area contributed by atoms with Crippen LogP contribution in [0.4, 0.5) is 4.39 Å². The number of carbonyl (C=O) groups is 1. The highest BCUT2D eigenvalue weighted by atomic mass is 35.5. The molecule has 1 unspecified atom stereocenters. The monoisotopic (exact) mass is 494 g/mol. The number of hydrogen-bond acceptors (Lipinski definition) is 5. The van der Waals surface area contributed by atoms with E-state index in [9.17, 15) is 19.5 Å². The second-order valence-electron chi connectivity index (χ2n) is 7.75. The van der Waals surface area contributed by atoms with E-state index >= 15 is 0 Å². The molecule has 0 aliphatic carbocycles. The average molecular weight is 495 g/mol. The van der Waals surface area contributed by atoms with Gasteiger partial charge in [-0.2, -0.15) is 0 Å². The molecule has 0 saturated heterocycles. The van der Waals surface area contributed by atoms with Crippen LogP contribution in [0.3, 0.4) is 0 Å². The van der Waals surface area contributed by atoms with Gasteiger partial charge in [-0.1, -0.05) is 47.1 Å². The molecule has 0 aliphatic rings. The number of rotatable bonds is 7. The molecular weight excluding hydrogens is 475 g/mol.